The number of carbonyl (C=O) groups is 2. The highest BCUT2D eigenvalue weighted by Crippen LogP contribution is 2.50. The van der Waals surface area contributed by atoms with Crippen molar-refractivity contribution >= 4 is 23.3 Å². The van der Waals surface area contributed by atoms with Gasteiger partial charge >= 0.3 is 12.2 Å². The van der Waals surface area contributed by atoms with Crippen molar-refractivity contribution in [1.82, 2.24) is 28.5 Å². The molecular weight excluding hydrogens is 467 g/mol. The number of hydrogen-bond donors (Lipinski definition) is 1. The van der Waals surface area contributed by atoms with Crippen LogP contribution in [0.3, 0.4) is 0 Å². The fraction of sp³-hybridized carbons (Fsp3) is 0.455. The van der Waals surface area contributed by atoms with Crippen LogP contribution in [0.1, 0.15) is 28.8 Å². The highest BCUT2D eigenvalue weighted by atomic mass is 19.4. The van der Waals surface area contributed by atoms with Crippen LogP contribution >= 0.6 is 0 Å². The maximum atomic E-state index is 13.1. The lowest BCUT2D eigenvalue weighted by Crippen LogP contribution is -2.67. The summed E-state index contributed by atoms with van der Waals surface area (Å²) in [6, 6.07) is -0.149. The molecule has 3 aromatic heterocycles. The molecule has 13 heteroatoms. The monoisotopic (exact) mass is 491 g/mol. The zero-order valence-corrected chi connectivity index (χ0v) is 19.3. The Bertz CT molecular complexity index is 1390. The quantitative estimate of drug-likeness (QED) is 0.607. The summed E-state index contributed by atoms with van der Waals surface area (Å²) in [7, 11) is 4.59. The molecule has 3 aromatic rings. The van der Waals surface area contributed by atoms with Gasteiger partial charge in [-0.15, -0.1) is 0 Å². The summed E-state index contributed by atoms with van der Waals surface area (Å²) in [6.45, 7) is 1.13. The van der Waals surface area contributed by atoms with Gasteiger partial charge in [-0.05, 0) is 18.9 Å². The molecule has 1 aliphatic carbocycles. The molecule has 0 bridgehead atoms. The van der Waals surface area contributed by atoms with E-state index in [1.807, 2.05) is 17.8 Å². The Morgan fingerprint density at radius 1 is 1.17 bits per heavy atom. The lowest BCUT2D eigenvalue weighted by molar-refractivity contribution is -0.138. The predicted molar refractivity (Wildman–Crippen MR) is 119 cm³/mol. The highest BCUT2D eigenvalue weighted by molar-refractivity contribution is 6.00. The topological polar surface area (TPSA) is 96.9 Å². The van der Waals surface area contributed by atoms with Gasteiger partial charge in [0.2, 0.25) is 0 Å². The average Bonchev–Trinajstić information content (AvgIpc) is 3.31. The molecule has 2 aliphatic rings. The average molecular weight is 491 g/mol. The number of likely N-dealkylation sites (tertiary alicyclic amines) is 1. The minimum Gasteiger partial charge on any atom is -0.337 e. The number of alkyl halides is 3. The first-order valence-electron chi connectivity index (χ1n) is 11.0. The fourth-order valence-electron chi connectivity index (χ4n) is 5.08. The minimum absolute atomic E-state index is 0.0817. The molecule has 2 fully saturated rings. The third-order valence-corrected chi connectivity index (χ3v) is 7.06. The van der Waals surface area contributed by atoms with Gasteiger partial charge < -0.3 is 24.3 Å². The van der Waals surface area contributed by atoms with Crippen molar-refractivity contribution in [3.63, 3.8) is 0 Å². The lowest BCUT2D eigenvalue weighted by Gasteiger charge is -2.60. The number of anilines is 1. The standard InChI is InChI=1S/C22H24F3N7O3/c1-28-4-5-32-17(28)15(9-26-32)18(33)31-11-21(12-31)7-14(8-21)30(3)20(35)27-16-6-13(22(23,24)25)10-29(2)19(16)34/h4-6,9-10,14H,7-8,11-12H2,1-3H3,(H,27,35). The third kappa shape index (κ3) is 3.74. The Morgan fingerprint density at radius 2 is 1.86 bits per heavy atom. The Hall–Kier alpha value is -3.77. The fourth-order valence-corrected chi connectivity index (χ4v) is 5.08. The van der Waals surface area contributed by atoms with Gasteiger partial charge in [0, 0.05) is 64.3 Å². The van der Waals surface area contributed by atoms with Crippen LogP contribution in [0.4, 0.5) is 23.7 Å². The Kier molecular flexibility index (Phi) is 5.00. The SMILES string of the molecule is CN(C(=O)Nc1cc(C(F)(F)F)cn(C)c1=O)C1CC2(C1)CN(C(=O)c1cnn3ccn(C)c13)C2. The first-order chi connectivity index (χ1) is 16.4. The summed E-state index contributed by atoms with van der Waals surface area (Å²) >= 11 is 0. The van der Waals surface area contributed by atoms with Gasteiger partial charge in [0.1, 0.15) is 16.9 Å². The normalized spacial score (nSPS) is 17.4. The number of nitrogens with zero attached hydrogens (tertiary/aromatic N) is 6. The number of fused-ring (bicyclic) bond motifs is 1. The molecule has 1 N–H and O–H groups in total. The van der Waals surface area contributed by atoms with E-state index >= 15 is 0 Å². The maximum absolute atomic E-state index is 13.1. The van der Waals surface area contributed by atoms with Crippen LogP contribution in [0.15, 0.2) is 35.6 Å². The second-order valence-corrected chi connectivity index (χ2v) is 9.56. The number of aryl methyl sites for hydroxylation is 2. The summed E-state index contributed by atoms with van der Waals surface area (Å²) in [5, 5.41) is 6.52. The molecule has 0 aromatic carbocycles. The molecule has 5 rings (SSSR count). The lowest BCUT2D eigenvalue weighted by atomic mass is 9.60. The predicted octanol–water partition coefficient (Wildman–Crippen LogP) is 2.16. The molecule has 1 saturated heterocycles. The molecule has 186 valence electrons. The minimum atomic E-state index is -4.64. The summed E-state index contributed by atoms with van der Waals surface area (Å²) in [4.78, 5) is 41.0. The number of carbonyl (C=O) groups excluding carboxylic acids is 2. The molecule has 0 atom stereocenters. The van der Waals surface area contributed by atoms with Gasteiger partial charge in [0.15, 0.2) is 0 Å². The van der Waals surface area contributed by atoms with E-state index < -0.39 is 29.0 Å². The molecule has 1 spiro atoms. The summed E-state index contributed by atoms with van der Waals surface area (Å²) in [5.41, 5.74) is -1.01. The first kappa shape index (κ1) is 23.0. The number of urea groups is 1. The number of nitrogens with one attached hydrogen (secondary N) is 1. The number of aromatic nitrogens is 4. The van der Waals surface area contributed by atoms with E-state index in [0.717, 1.165) is 10.2 Å². The second-order valence-electron chi connectivity index (χ2n) is 9.56. The number of hydrogen-bond acceptors (Lipinski definition) is 4. The van der Waals surface area contributed by atoms with E-state index in [4.69, 9.17) is 0 Å². The molecule has 0 radical (unpaired) electrons. The highest BCUT2D eigenvalue weighted by Gasteiger charge is 2.55. The van der Waals surface area contributed by atoms with Crippen LogP contribution in [0, 0.1) is 5.41 Å². The first-order valence-corrected chi connectivity index (χ1v) is 11.0. The van der Waals surface area contributed by atoms with Gasteiger partial charge in [0.05, 0.1) is 11.8 Å². The van der Waals surface area contributed by atoms with Gasteiger partial charge in [-0.2, -0.15) is 18.3 Å². The number of imidazole rings is 1. The molecule has 1 aliphatic heterocycles. The van der Waals surface area contributed by atoms with Gasteiger partial charge in [-0.1, -0.05) is 0 Å². The van der Waals surface area contributed by atoms with Crippen LogP contribution in [-0.2, 0) is 20.3 Å². The zero-order valence-electron chi connectivity index (χ0n) is 19.3. The van der Waals surface area contributed by atoms with E-state index in [0.29, 0.717) is 43.8 Å². The molecule has 4 heterocycles. The molecule has 0 unspecified atom stereocenters. The van der Waals surface area contributed by atoms with Crippen molar-refractivity contribution in [3.8, 4) is 0 Å². The van der Waals surface area contributed by atoms with Crippen molar-refractivity contribution in [2.24, 2.45) is 19.5 Å². The van der Waals surface area contributed by atoms with Crippen LogP contribution in [0.2, 0.25) is 0 Å². The smallest absolute Gasteiger partial charge is 0.337 e. The number of amides is 3. The Morgan fingerprint density at radius 3 is 2.51 bits per heavy atom. The van der Waals surface area contributed by atoms with Gasteiger partial charge in [-0.3, -0.25) is 9.59 Å². The summed E-state index contributed by atoms with van der Waals surface area (Å²) in [6.07, 6.45) is 2.52. The number of rotatable bonds is 3. The zero-order chi connectivity index (χ0) is 25.3. The van der Waals surface area contributed by atoms with Gasteiger partial charge in [-0.25, -0.2) is 9.31 Å². The van der Waals surface area contributed by atoms with Crippen molar-refractivity contribution < 1.29 is 22.8 Å². The maximum Gasteiger partial charge on any atom is 0.417 e. The van der Waals surface area contributed by atoms with Gasteiger partial charge in [0.25, 0.3) is 11.5 Å². The van der Waals surface area contributed by atoms with E-state index in [2.05, 4.69) is 10.4 Å². The number of pyridine rings is 1. The molecular formula is C22H24F3N7O3. The second kappa shape index (κ2) is 7.62. The van der Waals surface area contributed by atoms with Crippen molar-refractivity contribution in [2.75, 3.05) is 25.5 Å². The van der Waals surface area contributed by atoms with E-state index in [-0.39, 0.29) is 17.4 Å². The van der Waals surface area contributed by atoms with Crippen LogP contribution < -0.4 is 10.9 Å². The molecule has 35 heavy (non-hydrogen) atoms. The van der Waals surface area contributed by atoms with E-state index in [1.54, 1.807) is 28.9 Å². The Balaban J connectivity index is 1.19. The van der Waals surface area contributed by atoms with Crippen LogP contribution in [0.25, 0.3) is 5.65 Å². The van der Waals surface area contributed by atoms with Crippen LogP contribution in [0.5, 0.6) is 0 Å². The molecule has 1 saturated carbocycles. The van der Waals surface area contributed by atoms with Crippen LogP contribution in [-0.4, -0.2) is 66.7 Å². The largest absolute Gasteiger partial charge is 0.417 e. The summed E-state index contributed by atoms with van der Waals surface area (Å²) in [5.74, 6) is -0.0950. The van der Waals surface area contributed by atoms with E-state index in [1.165, 1.54) is 11.9 Å². The van der Waals surface area contributed by atoms with E-state index in [9.17, 15) is 27.6 Å². The number of halogens is 3. The molecule has 10 nitrogen and oxygen atoms in total. The van der Waals surface area contributed by atoms with Crippen molar-refractivity contribution in [3.05, 3.63) is 52.3 Å². The van der Waals surface area contributed by atoms with Crippen molar-refractivity contribution in [2.45, 2.75) is 25.1 Å². The third-order valence-electron chi connectivity index (χ3n) is 7.06. The van der Waals surface area contributed by atoms with Crippen molar-refractivity contribution in [1.29, 1.82) is 0 Å². The molecule has 3 amide bonds. The Labute approximate surface area is 197 Å². The summed E-state index contributed by atoms with van der Waals surface area (Å²) < 4.78 is 43.5.